The lowest BCUT2D eigenvalue weighted by molar-refractivity contribution is -0.0493. The summed E-state index contributed by atoms with van der Waals surface area (Å²) in [5, 5.41) is 2.92. The number of nitrogen functional groups attached to an aromatic ring is 1. The van der Waals surface area contributed by atoms with Gasteiger partial charge in [0.1, 0.15) is 23.7 Å². The van der Waals surface area contributed by atoms with Gasteiger partial charge in [-0.15, -0.1) is 0 Å². The van der Waals surface area contributed by atoms with Gasteiger partial charge in [0.2, 0.25) is 0 Å². The van der Waals surface area contributed by atoms with Gasteiger partial charge >= 0.3 is 6.61 Å². The highest BCUT2D eigenvalue weighted by Crippen LogP contribution is 2.29. The Kier molecular flexibility index (Phi) is 4.26. The first kappa shape index (κ1) is 13.9. The van der Waals surface area contributed by atoms with Gasteiger partial charge in [-0.3, -0.25) is 0 Å². The molecule has 2 aromatic rings. The summed E-state index contributed by atoms with van der Waals surface area (Å²) in [4.78, 5) is 7.97. The van der Waals surface area contributed by atoms with E-state index in [0.717, 1.165) is 0 Å². The van der Waals surface area contributed by atoms with Crippen molar-refractivity contribution < 1.29 is 13.5 Å². The molecule has 0 saturated carbocycles. The van der Waals surface area contributed by atoms with E-state index in [1.807, 2.05) is 0 Å². The zero-order valence-electron chi connectivity index (χ0n) is 10.6. The number of hydrazine groups is 1. The van der Waals surface area contributed by atoms with Crippen molar-refractivity contribution in [3.05, 3.63) is 36.2 Å². The Hall–Kier alpha value is -2.48. The number of ether oxygens (including phenoxy) is 1. The summed E-state index contributed by atoms with van der Waals surface area (Å²) in [7, 11) is 0. The highest BCUT2D eigenvalue weighted by Gasteiger charge is 2.12. The van der Waals surface area contributed by atoms with E-state index in [1.54, 1.807) is 25.1 Å². The number of alkyl halides is 2. The predicted molar refractivity (Wildman–Crippen MR) is 70.9 cm³/mol. The van der Waals surface area contributed by atoms with E-state index in [2.05, 4.69) is 25.4 Å². The number of nitrogens with zero attached hydrogens (tertiary/aromatic N) is 2. The number of para-hydroxylation sites is 2. The van der Waals surface area contributed by atoms with Crippen LogP contribution in [0.15, 0.2) is 30.6 Å². The van der Waals surface area contributed by atoms with Crippen molar-refractivity contribution in [1.29, 1.82) is 0 Å². The molecule has 106 valence electrons. The second-order valence-corrected chi connectivity index (χ2v) is 3.84. The lowest BCUT2D eigenvalue weighted by Gasteiger charge is -2.14. The normalized spacial score (nSPS) is 10.4. The van der Waals surface area contributed by atoms with Gasteiger partial charge in [0, 0.05) is 5.56 Å². The average molecular weight is 281 g/mol. The quantitative estimate of drug-likeness (QED) is 0.576. The molecule has 0 amide bonds. The lowest BCUT2D eigenvalue weighted by Crippen LogP contribution is -2.12. The fraction of sp³-hybridized carbons (Fsp3) is 0.167. The molecule has 20 heavy (non-hydrogen) atoms. The van der Waals surface area contributed by atoms with Crippen LogP contribution in [0.5, 0.6) is 5.75 Å². The number of aromatic nitrogens is 2. The van der Waals surface area contributed by atoms with E-state index in [0.29, 0.717) is 22.9 Å². The zero-order chi connectivity index (χ0) is 14.5. The highest BCUT2D eigenvalue weighted by atomic mass is 19.3. The van der Waals surface area contributed by atoms with E-state index < -0.39 is 6.61 Å². The molecule has 0 atom stereocenters. The number of hydrogen-bond donors (Lipinski definition) is 3. The molecule has 0 aliphatic carbocycles. The van der Waals surface area contributed by atoms with Crippen LogP contribution >= 0.6 is 0 Å². The maximum atomic E-state index is 12.3. The Morgan fingerprint density at radius 1 is 1.20 bits per heavy atom. The first-order valence-corrected chi connectivity index (χ1v) is 5.71. The van der Waals surface area contributed by atoms with Crippen molar-refractivity contribution in [3.63, 3.8) is 0 Å². The summed E-state index contributed by atoms with van der Waals surface area (Å²) >= 11 is 0. The lowest BCUT2D eigenvalue weighted by atomic mass is 10.2. The first-order chi connectivity index (χ1) is 9.61. The topological polar surface area (TPSA) is 85.1 Å². The third-order valence-electron chi connectivity index (χ3n) is 2.58. The van der Waals surface area contributed by atoms with Gasteiger partial charge in [-0.25, -0.2) is 15.8 Å². The number of nitrogens with two attached hydrogens (primary N) is 1. The second-order valence-electron chi connectivity index (χ2n) is 3.84. The fourth-order valence-corrected chi connectivity index (χ4v) is 1.62. The molecule has 0 fully saturated rings. The maximum absolute atomic E-state index is 12.3. The minimum Gasteiger partial charge on any atom is -0.433 e. The number of benzene rings is 1. The number of halogens is 2. The molecule has 0 bridgehead atoms. The molecule has 0 radical (unpaired) electrons. The van der Waals surface area contributed by atoms with E-state index >= 15 is 0 Å². The van der Waals surface area contributed by atoms with Crippen LogP contribution in [-0.4, -0.2) is 16.6 Å². The van der Waals surface area contributed by atoms with Gasteiger partial charge in [-0.05, 0) is 19.1 Å². The van der Waals surface area contributed by atoms with Gasteiger partial charge < -0.3 is 15.5 Å². The van der Waals surface area contributed by atoms with Crippen LogP contribution in [-0.2, 0) is 0 Å². The summed E-state index contributed by atoms with van der Waals surface area (Å²) < 4.78 is 29.1. The molecule has 6 nitrogen and oxygen atoms in total. The third kappa shape index (κ3) is 3.09. The molecule has 4 N–H and O–H groups in total. The summed E-state index contributed by atoms with van der Waals surface area (Å²) in [6, 6.07) is 6.34. The smallest absolute Gasteiger partial charge is 0.387 e. The fourth-order valence-electron chi connectivity index (χ4n) is 1.62. The largest absolute Gasteiger partial charge is 0.433 e. The number of nitrogens with one attached hydrogen (secondary N) is 2. The van der Waals surface area contributed by atoms with Crippen LogP contribution in [0.3, 0.4) is 0 Å². The second kappa shape index (κ2) is 6.11. The van der Waals surface area contributed by atoms with Crippen LogP contribution in [0, 0.1) is 6.92 Å². The Morgan fingerprint density at radius 3 is 2.60 bits per heavy atom. The van der Waals surface area contributed by atoms with E-state index in [-0.39, 0.29) is 5.75 Å². The van der Waals surface area contributed by atoms with Crippen LogP contribution in [0.25, 0.3) is 0 Å². The summed E-state index contributed by atoms with van der Waals surface area (Å²) in [5.74, 6) is 6.23. The van der Waals surface area contributed by atoms with Crippen LogP contribution in [0.2, 0.25) is 0 Å². The molecule has 0 aliphatic rings. The molecule has 8 heteroatoms. The minimum atomic E-state index is -2.90. The van der Waals surface area contributed by atoms with Gasteiger partial charge in [0.25, 0.3) is 0 Å². The van der Waals surface area contributed by atoms with Gasteiger partial charge in [-0.2, -0.15) is 8.78 Å². The van der Waals surface area contributed by atoms with Gasteiger partial charge in [0.15, 0.2) is 0 Å². The molecule has 0 unspecified atom stereocenters. The van der Waals surface area contributed by atoms with Gasteiger partial charge in [-0.1, -0.05) is 12.1 Å². The summed E-state index contributed by atoms with van der Waals surface area (Å²) in [5.41, 5.74) is 3.45. The predicted octanol–water partition coefficient (Wildman–Crippen LogP) is 2.42. The van der Waals surface area contributed by atoms with Crippen molar-refractivity contribution >= 4 is 17.3 Å². The van der Waals surface area contributed by atoms with E-state index in [9.17, 15) is 8.78 Å². The summed E-state index contributed by atoms with van der Waals surface area (Å²) in [6.45, 7) is -1.15. The molecule has 1 aromatic carbocycles. The third-order valence-corrected chi connectivity index (χ3v) is 2.58. The Bertz CT molecular complexity index is 594. The molecular weight excluding hydrogens is 268 g/mol. The molecule has 0 aliphatic heterocycles. The number of rotatable bonds is 5. The molecule has 2 rings (SSSR count). The molecule has 1 heterocycles. The Morgan fingerprint density at radius 2 is 1.90 bits per heavy atom. The van der Waals surface area contributed by atoms with E-state index in [4.69, 9.17) is 5.84 Å². The van der Waals surface area contributed by atoms with Crippen molar-refractivity contribution in [3.8, 4) is 5.75 Å². The Balaban J connectivity index is 2.30. The summed E-state index contributed by atoms with van der Waals surface area (Å²) in [6.07, 6.45) is 1.31. The van der Waals surface area contributed by atoms with Crippen molar-refractivity contribution in [2.24, 2.45) is 5.84 Å². The van der Waals surface area contributed by atoms with Crippen LogP contribution < -0.4 is 21.3 Å². The molecular formula is C12H13F2N5O. The van der Waals surface area contributed by atoms with Crippen molar-refractivity contribution in [2.75, 3.05) is 10.7 Å². The number of anilines is 3. The van der Waals surface area contributed by atoms with Crippen molar-refractivity contribution in [2.45, 2.75) is 13.5 Å². The zero-order valence-corrected chi connectivity index (χ0v) is 10.6. The minimum absolute atomic E-state index is 0.0303. The molecule has 0 spiro atoms. The maximum Gasteiger partial charge on any atom is 0.387 e. The van der Waals surface area contributed by atoms with Crippen LogP contribution in [0.1, 0.15) is 5.56 Å². The standard InChI is InChI=1S/C12H13F2N5O/c1-7-10(16-6-17-11(7)19-15)18-8-4-2-3-5-9(8)20-12(13)14/h2-6,12H,15H2,1H3,(H2,16,17,18,19). The van der Waals surface area contributed by atoms with Crippen molar-refractivity contribution in [1.82, 2.24) is 9.97 Å². The monoisotopic (exact) mass is 281 g/mol. The first-order valence-electron chi connectivity index (χ1n) is 5.71. The average Bonchev–Trinajstić information content (AvgIpc) is 2.42. The van der Waals surface area contributed by atoms with E-state index in [1.165, 1.54) is 12.4 Å². The van der Waals surface area contributed by atoms with Gasteiger partial charge in [0.05, 0.1) is 5.69 Å². The molecule has 0 saturated heterocycles. The number of hydrogen-bond acceptors (Lipinski definition) is 6. The highest BCUT2D eigenvalue weighted by molar-refractivity contribution is 5.68. The van der Waals surface area contributed by atoms with Crippen LogP contribution in [0.4, 0.5) is 26.1 Å². The SMILES string of the molecule is Cc1c(NN)ncnc1Nc1ccccc1OC(F)F. The Labute approximate surface area is 114 Å². The molecule has 1 aromatic heterocycles.